The van der Waals surface area contributed by atoms with E-state index in [1.165, 1.54) is 6.07 Å². The Morgan fingerprint density at radius 3 is 2.74 bits per heavy atom. The van der Waals surface area contributed by atoms with Crippen LogP contribution in [0.15, 0.2) is 18.2 Å². The fourth-order valence-corrected chi connectivity index (χ4v) is 2.56. The van der Waals surface area contributed by atoms with E-state index in [-0.39, 0.29) is 17.6 Å². The molecule has 0 unspecified atom stereocenters. The number of aryl methyl sites for hydroxylation is 1. The fraction of sp³-hybridized carbons (Fsp3) is 0.500. The summed E-state index contributed by atoms with van der Waals surface area (Å²) in [5.74, 6) is -0.0230. The van der Waals surface area contributed by atoms with Crippen molar-refractivity contribution < 1.29 is 9.72 Å². The molecule has 1 atom stereocenters. The van der Waals surface area contributed by atoms with E-state index in [9.17, 15) is 14.9 Å². The lowest BCUT2D eigenvalue weighted by molar-refractivity contribution is -0.385. The molecule has 19 heavy (non-hydrogen) atoms. The van der Waals surface area contributed by atoms with Gasteiger partial charge in [0.2, 0.25) is 0 Å². The van der Waals surface area contributed by atoms with Crippen molar-refractivity contribution in [1.82, 2.24) is 4.90 Å². The highest BCUT2D eigenvalue weighted by Crippen LogP contribution is 2.23. The van der Waals surface area contributed by atoms with E-state index in [1.54, 1.807) is 19.1 Å². The van der Waals surface area contributed by atoms with E-state index in [4.69, 9.17) is 0 Å². The smallest absolute Gasteiger partial charge is 0.272 e. The van der Waals surface area contributed by atoms with Gasteiger partial charge in [0.25, 0.3) is 11.6 Å². The Hall–Kier alpha value is -1.91. The number of carbonyl (C=O) groups is 1. The summed E-state index contributed by atoms with van der Waals surface area (Å²) >= 11 is 0. The number of hydrogen-bond acceptors (Lipinski definition) is 3. The number of nitro groups is 1. The molecular weight excluding hydrogens is 244 g/mol. The van der Waals surface area contributed by atoms with Gasteiger partial charge in [0, 0.05) is 29.8 Å². The van der Waals surface area contributed by atoms with Gasteiger partial charge in [-0.2, -0.15) is 0 Å². The van der Waals surface area contributed by atoms with Crippen LogP contribution in [0.3, 0.4) is 0 Å². The van der Waals surface area contributed by atoms with Crippen LogP contribution in [0.4, 0.5) is 5.69 Å². The first-order valence-electron chi connectivity index (χ1n) is 6.56. The Morgan fingerprint density at radius 2 is 2.16 bits per heavy atom. The van der Waals surface area contributed by atoms with Crippen LogP contribution in [0.5, 0.6) is 0 Å². The lowest BCUT2D eigenvalue weighted by Crippen LogP contribution is -2.42. The standard InChI is InChI=1S/C14H18N2O3/c1-10-9-12(6-7-13(10)16(18)19)14(17)15-8-4-3-5-11(15)2/h6-7,9,11H,3-5,8H2,1-2H3/t11-/m1/s1. The van der Waals surface area contributed by atoms with E-state index < -0.39 is 4.92 Å². The number of likely N-dealkylation sites (tertiary alicyclic amines) is 1. The van der Waals surface area contributed by atoms with Crippen molar-refractivity contribution in [3.05, 3.63) is 39.4 Å². The van der Waals surface area contributed by atoms with E-state index >= 15 is 0 Å². The molecule has 1 aliphatic rings. The first-order chi connectivity index (χ1) is 9.00. The number of nitro benzene ring substituents is 1. The van der Waals surface area contributed by atoms with Gasteiger partial charge in [-0.15, -0.1) is 0 Å². The molecule has 5 heteroatoms. The molecule has 1 aliphatic heterocycles. The fourth-order valence-electron chi connectivity index (χ4n) is 2.56. The normalized spacial score (nSPS) is 19.3. The Morgan fingerprint density at radius 1 is 1.42 bits per heavy atom. The van der Waals surface area contributed by atoms with E-state index in [1.807, 2.05) is 4.90 Å². The maximum Gasteiger partial charge on any atom is 0.272 e. The number of nitrogens with zero attached hydrogens (tertiary/aromatic N) is 2. The molecular formula is C14H18N2O3. The van der Waals surface area contributed by atoms with Crippen LogP contribution in [0.1, 0.15) is 42.1 Å². The zero-order valence-corrected chi connectivity index (χ0v) is 11.3. The van der Waals surface area contributed by atoms with Crippen molar-refractivity contribution in [2.75, 3.05) is 6.54 Å². The Bertz CT molecular complexity index is 513. The molecule has 102 valence electrons. The Balaban J connectivity index is 2.24. The van der Waals surface area contributed by atoms with Gasteiger partial charge in [0.1, 0.15) is 0 Å². The summed E-state index contributed by atoms with van der Waals surface area (Å²) in [6.45, 7) is 4.49. The second-order valence-corrected chi connectivity index (χ2v) is 5.10. The van der Waals surface area contributed by atoms with Crippen molar-refractivity contribution in [2.45, 2.75) is 39.2 Å². The van der Waals surface area contributed by atoms with Crippen LogP contribution >= 0.6 is 0 Å². The molecule has 2 rings (SSSR count). The number of carbonyl (C=O) groups excluding carboxylic acids is 1. The monoisotopic (exact) mass is 262 g/mol. The highest BCUT2D eigenvalue weighted by Gasteiger charge is 2.25. The molecule has 1 aromatic carbocycles. The molecule has 1 aromatic rings. The van der Waals surface area contributed by atoms with E-state index in [0.29, 0.717) is 11.1 Å². The molecule has 0 N–H and O–H groups in total. The second-order valence-electron chi connectivity index (χ2n) is 5.10. The summed E-state index contributed by atoms with van der Waals surface area (Å²) in [4.78, 5) is 24.6. The molecule has 5 nitrogen and oxygen atoms in total. The van der Waals surface area contributed by atoms with Gasteiger partial charge in [-0.25, -0.2) is 0 Å². The second kappa shape index (κ2) is 5.38. The summed E-state index contributed by atoms with van der Waals surface area (Å²) < 4.78 is 0. The van der Waals surface area contributed by atoms with Crippen molar-refractivity contribution in [3.8, 4) is 0 Å². The third kappa shape index (κ3) is 2.75. The number of hydrogen-bond donors (Lipinski definition) is 0. The van der Waals surface area contributed by atoms with Crippen LogP contribution in [0.25, 0.3) is 0 Å². The first-order valence-corrected chi connectivity index (χ1v) is 6.56. The summed E-state index contributed by atoms with van der Waals surface area (Å²) in [6, 6.07) is 4.82. The van der Waals surface area contributed by atoms with Crippen molar-refractivity contribution in [2.24, 2.45) is 0 Å². The van der Waals surface area contributed by atoms with Crippen LogP contribution in [0.2, 0.25) is 0 Å². The maximum absolute atomic E-state index is 12.4. The largest absolute Gasteiger partial charge is 0.336 e. The van der Waals surface area contributed by atoms with Crippen LogP contribution in [0, 0.1) is 17.0 Å². The van der Waals surface area contributed by atoms with Gasteiger partial charge in [0.05, 0.1) is 4.92 Å². The minimum atomic E-state index is -0.424. The predicted molar refractivity (Wildman–Crippen MR) is 72.2 cm³/mol. The zero-order chi connectivity index (χ0) is 14.0. The van der Waals surface area contributed by atoms with Gasteiger partial charge in [-0.05, 0) is 45.2 Å². The van der Waals surface area contributed by atoms with Crippen molar-refractivity contribution in [1.29, 1.82) is 0 Å². The molecule has 1 amide bonds. The Labute approximate surface area is 112 Å². The number of piperidine rings is 1. The van der Waals surface area contributed by atoms with Crippen molar-refractivity contribution in [3.63, 3.8) is 0 Å². The SMILES string of the molecule is Cc1cc(C(=O)N2CCCC[C@H]2C)ccc1[N+](=O)[O-]. The Kier molecular flexibility index (Phi) is 3.83. The molecule has 0 aliphatic carbocycles. The molecule has 1 fully saturated rings. The third-order valence-electron chi connectivity index (χ3n) is 3.70. The van der Waals surface area contributed by atoms with E-state index in [0.717, 1.165) is 25.8 Å². The highest BCUT2D eigenvalue weighted by molar-refractivity contribution is 5.95. The quantitative estimate of drug-likeness (QED) is 0.608. The van der Waals surface area contributed by atoms with Crippen molar-refractivity contribution >= 4 is 11.6 Å². The number of benzene rings is 1. The molecule has 1 saturated heterocycles. The summed E-state index contributed by atoms with van der Waals surface area (Å²) in [5.41, 5.74) is 1.13. The van der Waals surface area contributed by atoms with Crippen LogP contribution < -0.4 is 0 Å². The summed E-state index contributed by atoms with van der Waals surface area (Å²) in [7, 11) is 0. The lowest BCUT2D eigenvalue weighted by Gasteiger charge is -2.33. The average molecular weight is 262 g/mol. The predicted octanol–water partition coefficient (Wildman–Crippen LogP) is 2.92. The molecule has 0 radical (unpaired) electrons. The van der Waals surface area contributed by atoms with E-state index in [2.05, 4.69) is 6.92 Å². The first kappa shape index (κ1) is 13.5. The third-order valence-corrected chi connectivity index (χ3v) is 3.70. The molecule has 0 spiro atoms. The minimum Gasteiger partial charge on any atom is -0.336 e. The molecule has 1 heterocycles. The molecule has 0 saturated carbocycles. The van der Waals surface area contributed by atoms with Gasteiger partial charge in [-0.1, -0.05) is 0 Å². The zero-order valence-electron chi connectivity index (χ0n) is 11.3. The molecule has 0 aromatic heterocycles. The number of amides is 1. The average Bonchev–Trinajstić information content (AvgIpc) is 2.38. The topological polar surface area (TPSA) is 63.5 Å². The maximum atomic E-state index is 12.4. The summed E-state index contributed by atoms with van der Waals surface area (Å²) in [5, 5.41) is 10.8. The van der Waals surface area contributed by atoms with Gasteiger partial charge in [-0.3, -0.25) is 14.9 Å². The van der Waals surface area contributed by atoms with Crippen LogP contribution in [-0.4, -0.2) is 28.3 Å². The molecule has 0 bridgehead atoms. The van der Waals surface area contributed by atoms with Crippen LogP contribution in [-0.2, 0) is 0 Å². The number of rotatable bonds is 2. The van der Waals surface area contributed by atoms with Gasteiger partial charge >= 0.3 is 0 Å². The van der Waals surface area contributed by atoms with Gasteiger partial charge in [0.15, 0.2) is 0 Å². The highest BCUT2D eigenvalue weighted by atomic mass is 16.6. The minimum absolute atomic E-state index is 0.0230. The lowest BCUT2D eigenvalue weighted by atomic mass is 10.0. The summed E-state index contributed by atoms with van der Waals surface area (Å²) in [6.07, 6.45) is 3.21. The van der Waals surface area contributed by atoms with Gasteiger partial charge < -0.3 is 4.90 Å².